The van der Waals surface area contributed by atoms with Crippen LogP contribution in [0.25, 0.3) is 0 Å². The molecular weight excluding hydrogens is 264 g/mol. The molecule has 6 nitrogen and oxygen atoms in total. The minimum Gasteiger partial charge on any atom is -0.357 e. The quantitative estimate of drug-likeness (QED) is 0.833. The van der Waals surface area contributed by atoms with E-state index in [1.165, 1.54) is 19.3 Å². The van der Waals surface area contributed by atoms with E-state index in [0.29, 0.717) is 5.95 Å². The molecule has 1 aliphatic heterocycles. The fourth-order valence-electron chi connectivity index (χ4n) is 2.91. The van der Waals surface area contributed by atoms with Crippen molar-refractivity contribution in [2.75, 3.05) is 48.3 Å². The van der Waals surface area contributed by atoms with Gasteiger partial charge in [-0.25, -0.2) is 0 Å². The predicted octanol–water partition coefficient (Wildman–Crippen LogP) is 2.39. The molecule has 0 amide bonds. The molecule has 1 N–H and O–H groups in total. The first-order valence-corrected chi connectivity index (χ1v) is 8.15. The van der Waals surface area contributed by atoms with E-state index in [1.54, 1.807) is 0 Å². The van der Waals surface area contributed by atoms with Gasteiger partial charge in [0, 0.05) is 33.2 Å². The van der Waals surface area contributed by atoms with Crippen molar-refractivity contribution in [1.82, 2.24) is 15.0 Å². The fraction of sp³-hybridized carbons (Fsp3) is 0.800. The van der Waals surface area contributed by atoms with Crippen molar-refractivity contribution in [2.24, 2.45) is 5.92 Å². The van der Waals surface area contributed by atoms with E-state index in [9.17, 15) is 0 Å². The zero-order valence-electron chi connectivity index (χ0n) is 13.8. The van der Waals surface area contributed by atoms with Crippen molar-refractivity contribution in [3.05, 3.63) is 0 Å². The van der Waals surface area contributed by atoms with Crippen LogP contribution in [-0.2, 0) is 0 Å². The summed E-state index contributed by atoms with van der Waals surface area (Å²) in [4.78, 5) is 18.2. The fourth-order valence-corrected chi connectivity index (χ4v) is 2.91. The van der Waals surface area contributed by atoms with Gasteiger partial charge in [-0.3, -0.25) is 0 Å². The second-order valence-corrected chi connectivity index (χ2v) is 5.57. The molecule has 1 aromatic rings. The monoisotopic (exact) mass is 292 g/mol. The molecule has 0 spiro atoms. The van der Waals surface area contributed by atoms with Gasteiger partial charge in [0.1, 0.15) is 0 Å². The van der Waals surface area contributed by atoms with Gasteiger partial charge in [0.15, 0.2) is 0 Å². The van der Waals surface area contributed by atoms with E-state index >= 15 is 0 Å². The molecule has 1 atom stereocenters. The molecule has 118 valence electrons. The van der Waals surface area contributed by atoms with Gasteiger partial charge in [-0.05, 0) is 32.6 Å². The largest absolute Gasteiger partial charge is 0.357 e. The minimum atomic E-state index is 0.654. The first-order valence-electron chi connectivity index (χ1n) is 8.15. The third-order valence-electron chi connectivity index (χ3n) is 4.15. The molecule has 0 aliphatic carbocycles. The Balaban J connectivity index is 2.21. The minimum absolute atomic E-state index is 0.654. The van der Waals surface area contributed by atoms with Crippen LogP contribution in [0.5, 0.6) is 0 Å². The van der Waals surface area contributed by atoms with Gasteiger partial charge in [0.25, 0.3) is 0 Å². The van der Waals surface area contributed by atoms with E-state index in [1.807, 2.05) is 7.05 Å². The van der Waals surface area contributed by atoms with E-state index in [0.717, 1.165) is 44.0 Å². The number of hydrogen-bond donors (Lipinski definition) is 1. The van der Waals surface area contributed by atoms with Crippen LogP contribution in [0.1, 0.15) is 40.0 Å². The predicted molar refractivity (Wildman–Crippen MR) is 88.2 cm³/mol. The second-order valence-electron chi connectivity index (χ2n) is 5.57. The average Bonchev–Trinajstić information content (AvgIpc) is 2.97. The van der Waals surface area contributed by atoms with Crippen molar-refractivity contribution in [1.29, 1.82) is 0 Å². The molecule has 2 rings (SSSR count). The smallest absolute Gasteiger partial charge is 0.231 e. The van der Waals surface area contributed by atoms with Crippen molar-refractivity contribution in [3.63, 3.8) is 0 Å². The van der Waals surface area contributed by atoms with Crippen LogP contribution < -0.4 is 15.1 Å². The van der Waals surface area contributed by atoms with E-state index in [4.69, 9.17) is 0 Å². The summed E-state index contributed by atoms with van der Waals surface area (Å²) >= 11 is 0. The Kier molecular flexibility index (Phi) is 5.59. The summed E-state index contributed by atoms with van der Waals surface area (Å²) in [7, 11) is 1.86. The molecule has 1 saturated heterocycles. The standard InChI is InChI=1S/C15H28N6/c1-5-8-12-9-10-21(11-12)15-18-13(16-4)17-14(19-15)20(6-2)7-3/h12H,5-11H2,1-4H3,(H,16,17,18,19). The third kappa shape index (κ3) is 3.74. The SMILES string of the molecule is CCCC1CCN(c2nc(NC)nc(N(CC)CC)n2)C1. The first kappa shape index (κ1) is 15.8. The molecule has 21 heavy (non-hydrogen) atoms. The Morgan fingerprint density at radius 2 is 1.95 bits per heavy atom. The molecule has 1 aliphatic rings. The number of anilines is 3. The summed E-state index contributed by atoms with van der Waals surface area (Å²) in [6.07, 6.45) is 3.79. The third-order valence-corrected chi connectivity index (χ3v) is 4.15. The second kappa shape index (κ2) is 7.43. The van der Waals surface area contributed by atoms with Crippen LogP contribution in [0.15, 0.2) is 0 Å². The summed E-state index contributed by atoms with van der Waals surface area (Å²) in [6.45, 7) is 10.4. The van der Waals surface area contributed by atoms with Gasteiger partial charge in [-0.1, -0.05) is 13.3 Å². The molecule has 0 radical (unpaired) electrons. The van der Waals surface area contributed by atoms with Crippen LogP contribution in [-0.4, -0.2) is 48.2 Å². The highest BCUT2D eigenvalue weighted by molar-refractivity contribution is 5.45. The lowest BCUT2D eigenvalue weighted by Crippen LogP contribution is -2.28. The summed E-state index contributed by atoms with van der Waals surface area (Å²) < 4.78 is 0. The van der Waals surface area contributed by atoms with E-state index in [2.05, 4.69) is 50.8 Å². The Morgan fingerprint density at radius 1 is 1.19 bits per heavy atom. The molecule has 0 saturated carbocycles. The topological polar surface area (TPSA) is 57.2 Å². The summed E-state index contributed by atoms with van der Waals surface area (Å²) in [5, 5.41) is 3.06. The normalized spacial score (nSPS) is 18.1. The summed E-state index contributed by atoms with van der Waals surface area (Å²) in [6, 6.07) is 0. The van der Waals surface area contributed by atoms with Crippen molar-refractivity contribution in [2.45, 2.75) is 40.0 Å². The lowest BCUT2D eigenvalue weighted by molar-refractivity contribution is 0.529. The Morgan fingerprint density at radius 3 is 2.57 bits per heavy atom. The number of aromatic nitrogens is 3. The molecule has 0 aromatic carbocycles. The maximum Gasteiger partial charge on any atom is 0.231 e. The zero-order chi connectivity index (χ0) is 15.2. The van der Waals surface area contributed by atoms with Gasteiger partial charge < -0.3 is 15.1 Å². The van der Waals surface area contributed by atoms with Crippen LogP contribution in [0, 0.1) is 5.92 Å². The van der Waals surface area contributed by atoms with Gasteiger partial charge in [0.05, 0.1) is 0 Å². The van der Waals surface area contributed by atoms with Crippen molar-refractivity contribution < 1.29 is 0 Å². The van der Waals surface area contributed by atoms with Crippen LogP contribution in [0.4, 0.5) is 17.8 Å². The lowest BCUT2D eigenvalue weighted by atomic mass is 10.0. The van der Waals surface area contributed by atoms with Crippen LogP contribution in [0.3, 0.4) is 0 Å². The maximum absolute atomic E-state index is 4.69. The average molecular weight is 292 g/mol. The highest BCUT2D eigenvalue weighted by Crippen LogP contribution is 2.25. The highest BCUT2D eigenvalue weighted by atomic mass is 15.4. The van der Waals surface area contributed by atoms with E-state index < -0.39 is 0 Å². The Labute approximate surface area is 128 Å². The highest BCUT2D eigenvalue weighted by Gasteiger charge is 2.25. The molecule has 1 unspecified atom stereocenters. The maximum atomic E-state index is 4.69. The molecule has 1 fully saturated rings. The molecule has 1 aromatic heterocycles. The molecule has 0 bridgehead atoms. The Bertz CT molecular complexity index is 446. The molecular formula is C15H28N6. The van der Waals surface area contributed by atoms with E-state index in [-0.39, 0.29) is 0 Å². The van der Waals surface area contributed by atoms with Gasteiger partial charge >= 0.3 is 0 Å². The molecule has 6 heteroatoms. The summed E-state index contributed by atoms with van der Waals surface area (Å²) in [5.41, 5.74) is 0. The number of nitrogens with one attached hydrogen (secondary N) is 1. The van der Waals surface area contributed by atoms with Gasteiger partial charge in [0.2, 0.25) is 17.8 Å². The van der Waals surface area contributed by atoms with Crippen molar-refractivity contribution >= 4 is 17.8 Å². The number of rotatable bonds is 7. The Hall–Kier alpha value is -1.59. The molecule has 2 heterocycles. The zero-order valence-corrected chi connectivity index (χ0v) is 13.8. The first-order chi connectivity index (χ1) is 10.2. The number of nitrogens with zero attached hydrogens (tertiary/aromatic N) is 5. The van der Waals surface area contributed by atoms with Crippen LogP contribution in [0.2, 0.25) is 0 Å². The number of hydrogen-bond acceptors (Lipinski definition) is 6. The van der Waals surface area contributed by atoms with Gasteiger partial charge in [-0.15, -0.1) is 0 Å². The van der Waals surface area contributed by atoms with Crippen LogP contribution >= 0.6 is 0 Å². The lowest BCUT2D eigenvalue weighted by Gasteiger charge is -2.22. The van der Waals surface area contributed by atoms with Crippen molar-refractivity contribution in [3.8, 4) is 0 Å². The summed E-state index contributed by atoms with van der Waals surface area (Å²) in [5.74, 6) is 3.02. The van der Waals surface area contributed by atoms with Gasteiger partial charge in [-0.2, -0.15) is 15.0 Å².